The molecule has 17 heavy (non-hydrogen) atoms. The molecule has 2 aromatic rings. The van der Waals surface area contributed by atoms with Gasteiger partial charge in [0.1, 0.15) is 11.6 Å². The Morgan fingerprint density at radius 2 is 2.29 bits per heavy atom. The highest BCUT2D eigenvalue weighted by Gasteiger charge is 2.26. The highest BCUT2D eigenvalue weighted by atomic mass is 16.4. The largest absolute Gasteiger partial charge is 0.480 e. The van der Waals surface area contributed by atoms with Crippen LogP contribution in [0.3, 0.4) is 0 Å². The molecule has 6 heteroatoms. The number of rotatable bonds is 3. The number of nitrogens with two attached hydrogens (primary N) is 1. The zero-order valence-electron chi connectivity index (χ0n) is 9.08. The monoisotopic (exact) mass is 232 g/mol. The van der Waals surface area contributed by atoms with Gasteiger partial charge in [-0.05, 0) is 30.5 Å². The lowest BCUT2D eigenvalue weighted by Crippen LogP contribution is -2.20. The molecule has 0 bridgehead atoms. The molecule has 0 saturated heterocycles. The van der Waals surface area contributed by atoms with E-state index in [2.05, 4.69) is 10.3 Å². The fourth-order valence-corrected chi connectivity index (χ4v) is 1.88. The first-order chi connectivity index (χ1) is 8.16. The Labute approximate surface area is 97.0 Å². The lowest BCUT2D eigenvalue weighted by molar-refractivity contribution is -0.138. The first kappa shape index (κ1) is 10.2. The molecule has 0 aliphatic heterocycles. The summed E-state index contributed by atoms with van der Waals surface area (Å²) in [5, 5.41) is 17.0. The van der Waals surface area contributed by atoms with E-state index in [-0.39, 0.29) is 0 Å². The van der Waals surface area contributed by atoms with Gasteiger partial charge in [-0.3, -0.25) is 4.79 Å². The summed E-state index contributed by atoms with van der Waals surface area (Å²) in [5.74, 6) is -1.04. The fourth-order valence-electron chi connectivity index (χ4n) is 1.88. The normalized spacial score (nSPS) is 17.2. The Balaban J connectivity index is 2.05. The van der Waals surface area contributed by atoms with Gasteiger partial charge in [0.25, 0.3) is 0 Å². The van der Waals surface area contributed by atoms with Gasteiger partial charge in [-0.2, -0.15) is 0 Å². The second kappa shape index (κ2) is 3.53. The molecule has 0 amide bonds. The van der Waals surface area contributed by atoms with E-state index in [1.165, 1.54) is 0 Å². The van der Waals surface area contributed by atoms with Crippen molar-refractivity contribution in [3.05, 3.63) is 23.8 Å². The number of carboxylic acids is 1. The number of hydrogen-bond acceptors (Lipinski definition) is 4. The van der Waals surface area contributed by atoms with Crippen molar-refractivity contribution >= 4 is 17.0 Å². The number of aliphatic carboxylic acids is 1. The number of fused-ring (bicyclic) bond motifs is 1. The minimum absolute atomic E-state index is 0.457. The molecule has 3 rings (SSSR count). The number of nitrogens with zero attached hydrogens (tertiary/aromatic N) is 3. The van der Waals surface area contributed by atoms with E-state index in [0.29, 0.717) is 17.1 Å². The highest BCUT2D eigenvalue weighted by Crippen LogP contribution is 2.36. The first-order valence-corrected chi connectivity index (χ1v) is 5.50. The van der Waals surface area contributed by atoms with Gasteiger partial charge >= 0.3 is 5.97 Å². The van der Waals surface area contributed by atoms with E-state index in [1.54, 1.807) is 12.1 Å². The predicted octanol–water partition coefficient (Wildman–Crippen LogP) is 0.851. The van der Waals surface area contributed by atoms with Crippen LogP contribution in [0.2, 0.25) is 0 Å². The molecule has 1 aliphatic carbocycles. The summed E-state index contributed by atoms with van der Waals surface area (Å²) >= 11 is 0. The molecule has 0 radical (unpaired) electrons. The average Bonchev–Trinajstić information content (AvgIpc) is 3.07. The third-order valence-electron chi connectivity index (χ3n) is 3.01. The Morgan fingerprint density at radius 3 is 2.94 bits per heavy atom. The Hall–Kier alpha value is -1.95. The molecular formula is C11H12N4O2. The van der Waals surface area contributed by atoms with Crippen molar-refractivity contribution in [2.45, 2.75) is 24.9 Å². The molecule has 1 unspecified atom stereocenters. The zero-order chi connectivity index (χ0) is 12.0. The SMILES string of the molecule is NC(C(=O)O)c1ccc2c(c1)nnn2C1CC1. The molecular weight excluding hydrogens is 220 g/mol. The van der Waals surface area contributed by atoms with Crippen molar-refractivity contribution in [1.82, 2.24) is 15.0 Å². The number of carbonyl (C=O) groups is 1. The lowest BCUT2D eigenvalue weighted by atomic mass is 10.1. The van der Waals surface area contributed by atoms with Crippen LogP contribution in [0.1, 0.15) is 30.5 Å². The van der Waals surface area contributed by atoms with Crippen LogP contribution in [0, 0.1) is 0 Å². The summed E-state index contributed by atoms with van der Waals surface area (Å²) in [6, 6.07) is 4.71. The van der Waals surface area contributed by atoms with Crippen LogP contribution in [0.4, 0.5) is 0 Å². The molecule has 1 atom stereocenters. The summed E-state index contributed by atoms with van der Waals surface area (Å²) in [4.78, 5) is 10.8. The maximum absolute atomic E-state index is 10.8. The third-order valence-corrected chi connectivity index (χ3v) is 3.01. The highest BCUT2D eigenvalue weighted by molar-refractivity contribution is 5.80. The van der Waals surface area contributed by atoms with Crippen LogP contribution < -0.4 is 5.73 Å². The van der Waals surface area contributed by atoms with Gasteiger partial charge in [0.15, 0.2) is 0 Å². The van der Waals surface area contributed by atoms with E-state index in [9.17, 15) is 4.79 Å². The zero-order valence-corrected chi connectivity index (χ0v) is 9.08. The minimum Gasteiger partial charge on any atom is -0.480 e. The van der Waals surface area contributed by atoms with Gasteiger partial charge in [-0.1, -0.05) is 11.3 Å². The standard InChI is InChI=1S/C11H12N4O2/c12-10(11(16)17)6-1-4-9-8(5-6)13-14-15(9)7-2-3-7/h1,4-5,7,10H,2-3,12H2,(H,16,17). The lowest BCUT2D eigenvalue weighted by Gasteiger charge is -2.06. The molecule has 0 spiro atoms. The van der Waals surface area contributed by atoms with Gasteiger partial charge in [0.05, 0.1) is 11.6 Å². The maximum atomic E-state index is 10.8. The van der Waals surface area contributed by atoms with Gasteiger partial charge in [0.2, 0.25) is 0 Å². The Morgan fingerprint density at radius 1 is 1.53 bits per heavy atom. The third kappa shape index (κ3) is 1.66. The van der Waals surface area contributed by atoms with E-state index >= 15 is 0 Å². The van der Waals surface area contributed by atoms with Crippen LogP contribution >= 0.6 is 0 Å². The number of aromatic nitrogens is 3. The minimum atomic E-state index is -1.04. The number of carboxylic acid groups (broad SMARTS) is 1. The topological polar surface area (TPSA) is 94.0 Å². The van der Waals surface area contributed by atoms with E-state index in [4.69, 9.17) is 10.8 Å². The summed E-state index contributed by atoms with van der Waals surface area (Å²) < 4.78 is 1.89. The summed E-state index contributed by atoms with van der Waals surface area (Å²) in [5.41, 5.74) is 7.74. The molecule has 1 aromatic heterocycles. The van der Waals surface area contributed by atoms with Gasteiger partial charge in [0, 0.05) is 0 Å². The van der Waals surface area contributed by atoms with Gasteiger partial charge < -0.3 is 10.8 Å². The summed E-state index contributed by atoms with van der Waals surface area (Å²) in [6.07, 6.45) is 2.27. The van der Waals surface area contributed by atoms with Crippen molar-refractivity contribution in [2.75, 3.05) is 0 Å². The first-order valence-electron chi connectivity index (χ1n) is 5.50. The molecule has 6 nitrogen and oxygen atoms in total. The number of benzene rings is 1. The molecule has 1 aliphatic rings. The van der Waals surface area contributed by atoms with Gasteiger partial charge in [-0.15, -0.1) is 5.10 Å². The van der Waals surface area contributed by atoms with E-state index in [1.807, 2.05) is 10.7 Å². The van der Waals surface area contributed by atoms with Crippen LogP contribution in [-0.4, -0.2) is 26.1 Å². The van der Waals surface area contributed by atoms with Crippen LogP contribution in [0.25, 0.3) is 11.0 Å². The van der Waals surface area contributed by atoms with Crippen LogP contribution in [0.5, 0.6) is 0 Å². The van der Waals surface area contributed by atoms with Crippen molar-refractivity contribution in [3.8, 4) is 0 Å². The predicted molar refractivity (Wildman–Crippen MR) is 60.4 cm³/mol. The molecule has 88 valence electrons. The maximum Gasteiger partial charge on any atom is 0.325 e. The molecule has 1 aromatic carbocycles. The molecule has 1 heterocycles. The van der Waals surface area contributed by atoms with Crippen molar-refractivity contribution < 1.29 is 9.90 Å². The number of hydrogen-bond donors (Lipinski definition) is 2. The summed E-state index contributed by atoms with van der Waals surface area (Å²) in [7, 11) is 0. The van der Waals surface area contributed by atoms with Crippen molar-refractivity contribution in [2.24, 2.45) is 5.73 Å². The second-order valence-electron chi connectivity index (χ2n) is 4.33. The molecule has 1 fully saturated rings. The van der Waals surface area contributed by atoms with E-state index in [0.717, 1.165) is 18.4 Å². The Bertz CT molecular complexity index is 588. The van der Waals surface area contributed by atoms with Gasteiger partial charge in [-0.25, -0.2) is 4.68 Å². The fraction of sp³-hybridized carbons (Fsp3) is 0.364. The molecule has 1 saturated carbocycles. The van der Waals surface area contributed by atoms with E-state index < -0.39 is 12.0 Å². The van der Waals surface area contributed by atoms with Crippen LogP contribution in [-0.2, 0) is 4.79 Å². The second-order valence-corrected chi connectivity index (χ2v) is 4.33. The quantitative estimate of drug-likeness (QED) is 0.818. The molecule has 3 N–H and O–H groups in total. The Kier molecular flexibility index (Phi) is 2.12. The summed E-state index contributed by atoms with van der Waals surface area (Å²) in [6.45, 7) is 0. The smallest absolute Gasteiger partial charge is 0.325 e. The average molecular weight is 232 g/mol. The van der Waals surface area contributed by atoms with Crippen molar-refractivity contribution in [3.63, 3.8) is 0 Å². The van der Waals surface area contributed by atoms with Crippen molar-refractivity contribution in [1.29, 1.82) is 0 Å². The van der Waals surface area contributed by atoms with Crippen LogP contribution in [0.15, 0.2) is 18.2 Å².